The van der Waals surface area contributed by atoms with E-state index >= 15 is 0 Å². The van der Waals surface area contributed by atoms with Gasteiger partial charge in [-0.25, -0.2) is 0 Å². The molecule has 2 nitrogen and oxygen atoms in total. The number of hydrogen-bond acceptors (Lipinski definition) is 2. The Morgan fingerprint density at radius 2 is 1.86 bits per heavy atom. The zero-order valence-corrected chi connectivity index (χ0v) is 13.0. The Balaban J connectivity index is 1.71. The first-order valence-electron chi connectivity index (χ1n) is 7.16. The van der Waals surface area contributed by atoms with Gasteiger partial charge in [-0.15, -0.1) is 0 Å². The van der Waals surface area contributed by atoms with E-state index in [1.165, 1.54) is 5.56 Å². The quantitative estimate of drug-likeness (QED) is 0.785. The highest BCUT2D eigenvalue weighted by Gasteiger charge is 2.05. The summed E-state index contributed by atoms with van der Waals surface area (Å²) in [6.07, 6.45) is 1.03. The number of aryl methyl sites for hydroxylation is 1. The van der Waals surface area contributed by atoms with Gasteiger partial charge in [0.1, 0.15) is 5.78 Å². The molecule has 0 radical (unpaired) electrons. The molecule has 0 atom stereocenters. The second kappa shape index (κ2) is 7.96. The highest BCUT2D eigenvalue weighted by molar-refractivity contribution is 6.31. The van der Waals surface area contributed by atoms with Gasteiger partial charge >= 0.3 is 0 Å². The fourth-order valence-electron chi connectivity index (χ4n) is 2.19. The summed E-state index contributed by atoms with van der Waals surface area (Å²) in [5.74, 6) is 0.247. The number of carbonyl (C=O) groups excluding carboxylic acids is 1. The van der Waals surface area contributed by atoms with Gasteiger partial charge in [0.25, 0.3) is 0 Å². The standard InChI is InChI=1S/C18H20ClNO/c1-14-11-16(7-8-18(14)19)12-17(21)9-10-20-13-15-5-3-2-4-6-15/h2-8,11,20H,9-10,12-13H2,1H3. The van der Waals surface area contributed by atoms with Crippen LogP contribution in [-0.2, 0) is 17.8 Å². The number of halogens is 1. The summed E-state index contributed by atoms with van der Waals surface area (Å²) < 4.78 is 0. The van der Waals surface area contributed by atoms with Crippen molar-refractivity contribution in [3.8, 4) is 0 Å². The molecule has 0 heterocycles. The van der Waals surface area contributed by atoms with Crippen molar-refractivity contribution in [1.82, 2.24) is 5.32 Å². The van der Waals surface area contributed by atoms with E-state index in [-0.39, 0.29) is 5.78 Å². The molecule has 2 rings (SSSR count). The van der Waals surface area contributed by atoms with E-state index in [1.54, 1.807) is 0 Å². The van der Waals surface area contributed by atoms with Crippen LogP contribution in [0.2, 0.25) is 5.02 Å². The third kappa shape index (κ3) is 5.33. The summed E-state index contributed by atoms with van der Waals surface area (Å²) in [6.45, 7) is 3.46. The summed E-state index contributed by atoms with van der Waals surface area (Å²) in [7, 11) is 0. The summed E-state index contributed by atoms with van der Waals surface area (Å²) in [5.41, 5.74) is 3.28. The minimum absolute atomic E-state index is 0.247. The molecule has 3 heteroatoms. The van der Waals surface area contributed by atoms with Crippen LogP contribution in [0.4, 0.5) is 0 Å². The van der Waals surface area contributed by atoms with Crippen LogP contribution in [0.25, 0.3) is 0 Å². The molecule has 0 aromatic heterocycles. The van der Waals surface area contributed by atoms with Crippen molar-refractivity contribution in [3.05, 3.63) is 70.2 Å². The van der Waals surface area contributed by atoms with E-state index in [2.05, 4.69) is 17.4 Å². The maximum atomic E-state index is 11.9. The van der Waals surface area contributed by atoms with Gasteiger partial charge in [0.2, 0.25) is 0 Å². The fourth-order valence-corrected chi connectivity index (χ4v) is 2.31. The Bertz CT molecular complexity index is 595. The lowest BCUT2D eigenvalue weighted by atomic mass is 10.0. The highest BCUT2D eigenvalue weighted by Crippen LogP contribution is 2.16. The van der Waals surface area contributed by atoms with Crippen LogP contribution in [0, 0.1) is 6.92 Å². The van der Waals surface area contributed by atoms with Crippen LogP contribution in [0.1, 0.15) is 23.1 Å². The monoisotopic (exact) mass is 301 g/mol. The number of Topliss-reactive ketones (excluding diaryl/α,β-unsaturated/α-hetero) is 1. The maximum Gasteiger partial charge on any atom is 0.138 e. The molecular formula is C18H20ClNO. The van der Waals surface area contributed by atoms with Gasteiger partial charge in [0.05, 0.1) is 0 Å². The first kappa shape index (κ1) is 15.7. The summed E-state index contributed by atoms with van der Waals surface area (Å²) in [6, 6.07) is 15.9. The lowest BCUT2D eigenvalue weighted by molar-refractivity contribution is -0.118. The predicted octanol–water partition coefficient (Wildman–Crippen LogP) is 3.94. The number of benzene rings is 2. The van der Waals surface area contributed by atoms with Crippen molar-refractivity contribution in [3.63, 3.8) is 0 Å². The van der Waals surface area contributed by atoms with Crippen LogP contribution < -0.4 is 5.32 Å². The molecule has 0 amide bonds. The number of ketones is 1. The van der Waals surface area contributed by atoms with Gasteiger partial charge in [0, 0.05) is 31.0 Å². The van der Waals surface area contributed by atoms with Crippen LogP contribution in [-0.4, -0.2) is 12.3 Å². The van der Waals surface area contributed by atoms with Gasteiger partial charge in [-0.2, -0.15) is 0 Å². The lowest BCUT2D eigenvalue weighted by Crippen LogP contribution is -2.18. The molecule has 1 N–H and O–H groups in total. The van der Waals surface area contributed by atoms with E-state index in [9.17, 15) is 4.79 Å². The molecule has 0 unspecified atom stereocenters. The largest absolute Gasteiger partial charge is 0.312 e. The van der Waals surface area contributed by atoms with Gasteiger partial charge in [-0.1, -0.05) is 54.1 Å². The van der Waals surface area contributed by atoms with Crippen molar-refractivity contribution in [2.24, 2.45) is 0 Å². The maximum absolute atomic E-state index is 11.9. The average molecular weight is 302 g/mol. The number of carbonyl (C=O) groups is 1. The topological polar surface area (TPSA) is 29.1 Å². The fraction of sp³-hybridized carbons (Fsp3) is 0.278. The van der Waals surface area contributed by atoms with E-state index in [4.69, 9.17) is 11.6 Å². The third-order valence-electron chi connectivity index (χ3n) is 3.38. The molecule has 0 saturated heterocycles. The molecule has 0 bridgehead atoms. The Labute approximate surface area is 131 Å². The van der Waals surface area contributed by atoms with E-state index in [0.717, 1.165) is 22.7 Å². The summed E-state index contributed by atoms with van der Waals surface area (Å²) >= 11 is 5.98. The Hall–Kier alpha value is -1.64. The molecular weight excluding hydrogens is 282 g/mol. The Morgan fingerprint density at radius 3 is 2.57 bits per heavy atom. The molecule has 0 saturated carbocycles. The first-order valence-corrected chi connectivity index (χ1v) is 7.54. The highest BCUT2D eigenvalue weighted by atomic mass is 35.5. The van der Waals surface area contributed by atoms with Gasteiger partial charge < -0.3 is 5.32 Å². The van der Waals surface area contributed by atoms with Gasteiger partial charge in [-0.3, -0.25) is 4.79 Å². The van der Waals surface area contributed by atoms with E-state index in [0.29, 0.717) is 19.4 Å². The Kier molecular flexibility index (Phi) is 5.97. The minimum atomic E-state index is 0.247. The SMILES string of the molecule is Cc1cc(CC(=O)CCNCc2ccccc2)ccc1Cl. The molecule has 0 aliphatic heterocycles. The van der Waals surface area contributed by atoms with E-state index in [1.807, 2.05) is 43.3 Å². The van der Waals surface area contributed by atoms with Crippen LogP contribution in [0.15, 0.2) is 48.5 Å². The number of nitrogens with one attached hydrogen (secondary N) is 1. The molecule has 2 aromatic carbocycles. The van der Waals surface area contributed by atoms with Gasteiger partial charge in [0.15, 0.2) is 0 Å². The Morgan fingerprint density at radius 1 is 1.10 bits per heavy atom. The normalized spacial score (nSPS) is 10.6. The van der Waals surface area contributed by atoms with Crippen LogP contribution >= 0.6 is 11.6 Å². The van der Waals surface area contributed by atoms with Crippen molar-refractivity contribution >= 4 is 17.4 Å². The second-order valence-corrected chi connectivity index (χ2v) is 5.62. The van der Waals surface area contributed by atoms with Crippen molar-refractivity contribution in [2.75, 3.05) is 6.54 Å². The van der Waals surface area contributed by atoms with Crippen molar-refractivity contribution in [1.29, 1.82) is 0 Å². The molecule has 21 heavy (non-hydrogen) atoms. The minimum Gasteiger partial charge on any atom is -0.312 e. The first-order chi connectivity index (χ1) is 10.1. The van der Waals surface area contributed by atoms with E-state index < -0.39 is 0 Å². The van der Waals surface area contributed by atoms with Crippen LogP contribution in [0.3, 0.4) is 0 Å². The van der Waals surface area contributed by atoms with Crippen molar-refractivity contribution in [2.45, 2.75) is 26.3 Å². The predicted molar refractivity (Wildman–Crippen MR) is 87.7 cm³/mol. The third-order valence-corrected chi connectivity index (χ3v) is 3.80. The molecule has 0 aliphatic rings. The number of hydrogen-bond donors (Lipinski definition) is 1. The average Bonchev–Trinajstić information content (AvgIpc) is 2.49. The number of rotatable bonds is 7. The van der Waals surface area contributed by atoms with Crippen LogP contribution in [0.5, 0.6) is 0 Å². The molecule has 0 fully saturated rings. The van der Waals surface area contributed by atoms with Gasteiger partial charge in [-0.05, 0) is 29.7 Å². The smallest absolute Gasteiger partial charge is 0.138 e. The molecule has 2 aromatic rings. The molecule has 0 spiro atoms. The second-order valence-electron chi connectivity index (χ2n) is 5.21. The molecule has 110 valence electrons. The zero-order chi connectivity index (χ0) is 15.1. The molecule has 0 aliphatic carbocycles. The summed E-state index contributed by atoms with van der Waals surface area (Å²) in [5, 5.41) is 4.04. The zero-order valence-electron chi connectivity index (χ0n) is 12.2. The lowest BCUT2D eigenvalue weighted by Gasteiger charge is -2.06. The summed E-state index contributed by atoms with van der Waals surface area (Å²) in [4.78, 5) is 11.9. The van der Waals surface area contributed by atoms with Crippen molar-refractivity contribution < 1.29 is 4.79 Å².